The first-order valence-electron chi connectivity index (χ1n) is 7.57. The summed E-state index contributed by atoms with van der Waals surface area (Å²) in [6.45, 7) is 2.44. The molecule has 2 aromatic heterocycles. The summed E-state index contributed by atoms with van der Waals surface area (Å²) in [5, 5.41) is 4.85. The van der Waals surface area contributed by atoms with E-state index in [0.29, 0.717) is 34.4 Å². The van der Waals surface area contributed by atoms with E-state index in [0.717, 1.165) is 11.1 Å². The van der Waals surface area contributed by atoms with Gasteiger partial charge >= 0.3 is 0 Å². The van der Waals surface area contributed by atoms with Crippen LogP contribution in [0.2, 0.25) is 10.0 Å². The van der Waals surface area contributed by atoms with Gasteiger partial charge in [-0.3, -0.25) is 9.78 Å². The van der Waals surface area contributed by atoms with E-state index in [1.165, 1.54) is 6.26 Å². The minimum Gasteiger partial charge on any atom is -0.364 e. The van der Waals surface area contributed by atoms with Crippen molar-refractivity contribution in [2.45, 2.75) is 20.0 Å². The molecule has 25 heavy (non-hydrogen) atoms. The van der Waals surface area contributed by atoms with Gasteiger partial charge in [-0.2, -0.15) is 0 Å². The molecule has 1 aromatic carbocycles. The Morgan fingerprint density at radius 3 is 2.72 bits per heavy atom. The maximum absolute atomic E-state index is 13.0. The minimum atomic E-state index is -0.186. The number of aromatic nitrogens is 2. The van der Waals surface area contributed by atoms with E-state index in [1.54, 1.807) is 36.4 Å². The van der Waals surface area contributed by atoms with Gasteiger partial charge in [0.2, 0.25) is 0 Å². The Balaban J connectivity index is 1.91. The fraction of sp³-hybridized carbons (Fsp3) is 0.167. The normalized spacial score (nSPS) is 10.7. The second-order valence-electron chi connectivity index (χ2n) is 5.57. The van der Waals surface area contributed by atoms with Gasteiger partial charge in [0.15, 0.2) is 0 Å². The Kier molecular flexibility index (Phi) is 5.36. The highest BCUT2D eigenvalue weighted by Gasteiger charge is 2.21. The Morgan fingerprint density at radius 2 is 2.08 bits per heavy atom. The highest BCUT2D eigenvalue weighted by molar-refractivity contribution is 6.35. The first kappa shape index (κ1) is 17.5. The van der Waals surface area contributed by atoms with Crippen LogP contribution in [-0.2, 0) is 13.1 Å². The van der Waals surface area contributed by atoms with Gasteiger partial charge < -0.3 is 9.42 Å². The zero-order chi connectivity index (χ0) is 17.8. The molecule has 0 unspecified atom stereocenters. The predicted octanol–water partition coefficient (Wildman–Crippen LogP) is 4.53. The van der Waals surface area contributed by atoms with Crippen LogP contribution in [0.25, 0.3) is 0 Å². The summed E-state index contributed by atoms with van der Waals surface area (Å²) in [7, 11) is 0. The van der Waals surface area contributed by atoms with Gasteiger partial charge in [-0.1, -0.05) is 40.5 Å². The molecule has 3 aromatic rings. The molecule has 0 saturated heterocycles. The smallest absolute Gasteiger partial charge is 0.259 e. The van der Waals surface area contributed by atoms with Crippen molar-refractivity contribution >= 4 is 29.1 Å². The van der Waals surface area contributed by atoms with Gasteiger partial charge in [0.25, 0.3) is 5.91 Å². The van der Waals surface area contributed by atoms with Crippen LogP contribution in [-0.4, -0.2) is 20.9 Å². The topological polar surface area (TPSA) is 59.2 Å². The van der Waals surface area contributed by atoms with Gasteiger partial charge in [0.05, 0.1) is 5.69 Å². The number of rotatable bonds is 5. The Hall–Kier alpha value is -2.37. The van der Waals surface area contributed by atoms with E-state index in [2.05, 4.69) is 10.1 Å². The monoisotopic (exact) mass is 375 g/mol. The first-order valence-corrected chi connectivity index (χ1v) is 8.33. The third kappa shape index (κ3) is 4.18. The van der Waals surface area contributed by atoms with E-state index in [9.17, 15) is 4.79 Å². The average Bonchev–Trinajstić information content (AvgIpc) is 3.03. The van der Waals surface area contributed by atoms with Crippen molar-refractivity contribution in [1.29, 1.82) is 0 Å². The summed E-state index contributed by atoms with van der Waals surface area (Å²) in [6.07, 6.45) is 4.78. The predicted molar refractivity (Wildman–Crippen MR) is 95.5 cm³/mol. The van der Waals surface area contributed by atoms with Crippen molar-refractivity contribution in [1.82, 2.24) is 15.0 Å². The number of nitrogens with zero attached hydrogens (tertiary/aromatic N) is 3. The molecule has 0 aliphatic heterocycles. The molecule has 0 bridgehead atoms. The second-order valence-corrected chi connectivity index (χ2v) is 6.42. The van der Waals surface area contributed by atoms with Crippen molar-refractivity contribution in [2.75, 3.05) is 0 Å². The molecule has 0 spiro atoms. The van der Waals surface area contributed by atoms with Crippen molar-refractivity contribution in [3.8, 4) is 0 Å². The van der Waals surface area contributed by atoms with E-state index in [1.807, 2.05) is 18.2 Å². The first-order chi connectivity index (χ1) is 12.0. The fourth-order valence-corrected chi connectivity index (χ4v) is 2.90. The number of aryl methyl sites for hydroxylation is 1. The summed E-state index contributed by atoms with van der Waals surface area (Å²) >= 11 is 12.2. The number of halogens is 2. The molecule has 0 saturated carbocycles. The summed E-state index contributed by atoms with van der Waals surface area (Å²) in [5.74, 6) is -0.186. The van der Waals surface area contributed by atoms with Gasteiger partial charge in [0, 0.05) is 35.5 Å². The molecule has 1 amide bonds. The molecule has 0 atom stereocenters. The van der Waals surface area contributed by atoms with E-state index in [-0.39, 0.29) is 5.91 Å². The van der Waals surface area contributed by atoms with Crippen molar-refractivity contribution < 1.29 is 9.32 Å². The van der Waals surface area contributed by atoms with Crippen LogP contribution < -0.4 is 0 Å². The summed E-state index contributed by atoms with van der Waals surface area (Å²) < 4.78 is 4.90. The molecule has 2 heterocycles. The van der Waals surface area contributed by atoms with Crippen molar-refractivity contribution in [3.05, 3.63) is 81.4 Å². The molecular formula is C18H15Cl2N3O2. The van der Waals surface area contributed by atoms with Gasteiger partial charge in [-0.25, -0.2) is 0 Å². The summed E-state index contributed by atoms with van der Waals surface area (Å²) in [5.41, 5.74) is 2.69. The lowest BCUT2D eigenvalue weighted by molar-refractivity contribution is 0.0728. The van der Waals surface area contributed by atoms with Crippen molar-refractivity contribution in [3.63, 3.8) is 0 Å². The minimum absolute atomic E-state index is 0.186. The van der Waals surface area contributed by atoms with Gasteiger partial charge in [-0.05, 0) is 36.2 Å². The van der Waals surface area contributed by atoms with E-state index >= 15 is 0 Å². The molecule has 5 nitrogen and oxygen atoms in total. The Morgan fingerprint density at radius 1 is 1.24 bits per heavy atom. The quantitative estimate of drug-likeness (QED) is 0.657. The number of amides is 1. The maximum Gasteiger partial charge on any atom is 0.259 e. The van der Waals surface area contributed by atoms with E-state index < -0.39 is 0 Å². The summed E-state index contributed by atoms with van der Waals surface area (Å²) in [6, 6.07) is 8.97. The summed E-state index contributed by atoms with van der Waals surface area (Å²) in [4.78, 5) is 18.7. The van der Waals surface area contributed by atoms with Crippen LogP contribution in [0.4, 0.5) is 0 Å². The zero-order valence-corrected chi connectivity index (χ0v) is 15.0. The Labute approximate surface area is 155 Å². The lowest BCUT2D eigenvalue weighted by atomic mass is 10.1. The van der Waals surface area contributed by atoms with Gasteiger partial charge in [0.1, 0.15) is 11.8 Å². The molecule has 3 rings (SSSR count). The lowest BCUT2D eigenvalue weighted by Crippen LogP contribution is -2.30. The molecule has 0 aliphatic rings. The number of hydrogen-bond donors (Lipinski definition) is 0. The standard InChI is InChI=1S/C18H15Cl2N3O2/c1-12-16(11-25-22-12)18(24)23(9-13-3-2-6-21-8-13)10-14-4-5-15(19)7-17(14)20/h2-8,11H,9-10H2,1H3. The Bertz CT molecular complexity index is 881. The number of benzene rings is 1. The number of carbonyl (C=O) groups is 1. The average molecular weight is 376 g/mol. The van der Waals surface area contributed by atoms with Crippen LogP contribution in [0, 0.1) is 6.92 Å². The molecular weight excluding hydrogens is 361 g/mol. The van der Waals surface area contributed by atoms with Crippen LogP contribution in [0.15, 0.2) is 53.5 Å². The molecule has 7 heteroatoms. The van der Waals surface area contributed by atoms with Crippen LogP contribution in [0.5, 0.6) is 0 Å². The molecule has 0 N–H and O–H groups in total. The number of carbonyl (C=O) groups excluding carboxylic acids is 1. The molecule has 0 fully saturated rings. The third-order valence-corrected chi connectivity index (χ3v) is 4.33. The van der Waals surface area contributed by atoms with Crippen LogP contribution in [0.3, 0.4) is 0 Å². The van der Waals surface area contributed by atoms with Crippen molar-refractivity contribution in [2.24, 2.45) is 0 Å². The third-order valence-electron chi connectivity index (χ3n) is 3.74. The van der Waals surface area contributed by atoms with Crippen LogP contribution in [0.1, 0.15) is 27.2 Å². The number of hydrogen-bond acceptors (Lipinski definition) is 4. The zero-order valence-electron chi connectivity index (χ0n) is 13.4. The van der Waals surface area contributed by atoms with Gasteiger partial charge in [-0.15, -0.1) is 0 Å². The molecule has 0 radical (unpaired) electrons. The largest absolute Gasteiger partial charge is 0.364 e. The highest BCUT2D eigenvalue weighted by atomic mass is 35.5. The highest BCUT2D eigenvalue weighted by Crippen LogP contribution is 2.24. The maximum atomic E-state index is 13.0. The molecule has 128 valence electrons. The fourth-order valence-electron chi connectivity index (χ4n) is 2.44. The second kappa shape index (κ2) is 7.68. The number of pyridine rings is 1. The van der Waals surface area contributed by atoms with E-state index in [4.69, 9.17) is 27.7 Å². The van der Waals surface area contributed by atoms with Crippen LogP contribution >= 0.6 is 23.2 Å². The molecule has 0 aliphatic carbocycles. The lowest BCUT2D eigenvalue weighted by Gasteiger charge is -2.23. The SMILES string of the molecule is Cc1nocc1C(=O)N(Cc1cccnc1)Cc1ccc(Cl)cc1Cl.